The average molecular weight is 528 g/mol. The Morgan fingerprint density at radius 1 is 0.914 bits per heavy atom. The first kappa shape index (κ1) is 23.6. The quantitative estimate of drug-likeness (QED) is 0.326. The van der Waals surface area contributed by atoms with Gasteiger partial charge in [0.15, 0.2) is 0 Å². The number of hydrogen-bond donors (Lipinski definition) is 1. The lowest BCUT2D eigenvalue weighted by Crippen LogP contribution is -2.49. The van der Waals surface area contributed by atoms with E-state index < -0.39 is 5.82 Å². The van der Waals surface area contributed by atoms with Crippen LogP contribution >= 0.6 is 34.5 Å². The van der Waals surface area contributed by atoms with Gasteiger partial charge in [0, 0.05) is 52.7 Å². The first-order chi connectivity index (χ1) is 16.9. The molecule has 5 rings (SSSR count). The van der Waals surface area contributed by atoms with Crippen LogP contribution in [0.4, 0.5) is 15.8 Å². The molecule has 0 atom stereocenters. The standard InChI is InChI=1S/C26H20Cl2FN3O2S/c27-16-5-10-20-22(15-16)35-24(23(20)28)25(33)30-17-6-8-18(9-7-17)31-11-13-32(14-12-31)26(34)19-3-1-2-4-21(19)29/h1-10,15H,11-14H2,(H,30,33). The number of halogens is 3. The molecule has 5 nitrogen and oxygen atoms in total. The molecule has 0 unspecified atom stereocenters. The van der Waals surface area contributed by atoms with Crippen LogP contribution in [-0.2, 0) is 0 Å². The number of amides is 2. The van der Waals surface area contributed by atoms with Crippen LogP contribution in [-0.4, -0.2) is 42.9 Å². The van der Waals surface area contributed by atoms with Crippen molar-refractivity contribution in [1.29, 1.82) is 0 Å². The minimum atomic E-state index is -0.502. The van der Waals surface area contributed by atoms with E-state index in [1.807, 2.05) is 30.3 Å². The fourth-order valence-electron chi connectivity index (χ4n) is 4.10. The molecule has 3 aromatic carbocycles. The largest absolute Gasteiger partial charge is 0.368 e. The number of thiophene rings is 1. The Morgan fingerprint density at radius 3 is 2.34 bits per heavy atom. The van der Waals surface area contributed by atoms with Crippen molar-refractivity contribution in [3.63, 3.8) is 0 Å². The van der Waals surface area contributed by atoms with Crippen LogP contribution in [0.3, 0.4) is 0 Å². The molecule has 1 aliphatic heterocycles. The molecular weight excluding hydrogens is 508 g/mol. The van der Waals surface area contributed by atoms with Crippen LogP contribution in [0.25, 0.3) is 10.1 Å². The molecule has 0 spiro atoms. The number of rotatable bonds is 4. The van der Waals surface area contributed by atoms with Crippen LogP contribution in [0.5, 0.6) is 0 Å². The lowest BCUT2D eigenvalue weighted by molar-refractivity contribution is 0.0742. The van der Waals surface area contributed by atoms with Crippen LogP contribution in [0.2, 0.25) is 10.0 Å². The van der Waals surface area contributed by atoms with E-state index in [1.54, 1.807) is 29.2 Å². The number of fused-ring (bicyclic) bond motifs is 1. The molecule has 1 aliphatic rings. The smallest absolute Gasteiger partial charge is 0.267 e. The molecule has 2 heterocycles. The van der Waals surface area contributed by atoms with E-state index >= 15 is 0 Å². The predicted octanol–water partition coefficient (Wildman–Crippen LogP) is 6.56. The molecule has 4 aromatic rings. The maximum absolute atomic E-state index is 14.0. The number of benzene rings is 3. The summed E-state index contributed by atoms with van der Waals surface area (Å²) < 4.78 is 14.8. The van der Waals surface area contributed by atoms with Gasteiger partial charge in [-0.25, -0.2) is 4.39 Å². The van der Waals surface area contributed by atoms with Gasteiger partial charge in [-0.15, -0.1) is 11.3 Å². The third-order valence-corrected chi connectivity index (χ3v) is 7.85. The highest BCUT2D eigenvalue weighted by atomic mass is 35.5. The molecule has 2 amide bonds. The number of nitrogens with one attached hydrogen (secondary N) is 1. The van der Waals surface area contributed by atoms with Gasteiger partial charge in [0.05, 0.1) is 10.6 Å². The topological polar surface area (TPSA) is 52.7 Å². The Balaban J connectivity index is 1.21. The second kappa shape index (κ2) is 9.85. The summed E-state index contributed by atoms with van der Waals surface area (Å²) in [5, 5.41) is 4.71. The summed E-state index contributed by atoms with van der Waals surface area (Å²) in [4.78, 5) is 29.7. The van der Waals surface area contributed by atoms with Gasteiger partial charge in [-0.2, -0.15) is 0 Å². The van der Waals surface area contributed by atoms with Crippen molar-refractivity contribution in [2.75, 3.05) is 36.4 Å². The van der Waals surface area contributed by atoms with Gasteiger partial charge < -0.3 is 15.1 Å². The Morgan fingerprint density at radius 2 is 1.63 bits per heavy atom. The van der Waals surface area contributed by atoms with Crippen molar-refractivity contribution in [3.8, 4) is 0 Å². The molecule has 0 bridgehead atoms. The normalized spacial score (nSPS) is 13.8. The van der Waals surface area contributed by atoms with Crippen molar-refractivity contribution in [3.05, 3.63) is 93.0 Å². The van der Waals surface area contributed by atoms with Crippen molar-refractivity contribution in [1.82, 2.24) is 4.90 Å². The summed E-state index contributed by atoms with van der Waals surface area (Å²) in [6, 6.07) is 18.9. The molecule has 0 radical (unpaired) electrons. The first-order valence-corrected chi connectivity index (χ1v) is 12.6. The SMILES string of the molecule is O=C(Nc1ccc(N2CCN(C(=O)c3ccccc3F)CC2)cc1)c1sc2cc(Cl)ccc2c1Cl. The third-order valence-electron chi connectivity index (χ3n) is 5.96. The highest BCUT2D eigenvalue weighted by molar-refractivity contribution is 7.21. The summed E-state index contributed by atoms with van der Waals surface area (Å²) in [7, 11) is 0. The summed E-state index contributed by atoms with van der Waals surface area (Å²) in [5.74, 6) is -1.07. The van der Waals surface area contributed by atoms with Crippen molar-refractivity contribution >= 4 is 67.8 Å². The number of nitrogens with zero attached hydrogens (tertiary/aromatic N) is 2. The molecule has 1 N–H and O–H groups in total. The minimum Gasteiger partial charge on any atom is -0.368 e. The summed E-state index contributed by atoms with van der Waals surface area (Å²) in [6.07, 6.45) is 0. The Kier molecular flexibility index (Phi) is 6.65. The fourth-order valence-corrected chi connectivity index (χ4v) is 5.79. The molecule has 1 aromatic heterocycles. The maximum atomic E-state index is 14.0. The molecule has 0 aliphatic carbocycles. The average Bonchev–Trinajstić information content (AvgIpc) is 3.20. The zero-order valence-electron chi connectivity index (χ0n) is 18.4. The molecular formula is C26H20Cl2FN3O2S. The number of carbonyl (C=O) groups excluding carboxylic acids is 2. The number of anilines is 2. The lowest BCUT2D eigenvalue weighted by Gasteiger charge is -2.36. The van der Waals surface area contributed by atoms with Gasteiger partial charge in [0.2, 0.25) is 0 Å². The Bertz CT molecular complexity index is 1420. The zero-order chi connectivity index (χ0) is 24.5. The van der Waals surface area contributed by atoms with E-state index in [0.29, 0.717) is 46.8 Å². The zero-order valence-corrected chi connectivity index (χ0v) is 20.8. The molecule has 178 valence electrons. The van der Waals surface area contributed by atoms with Gasteiger partial charge in [-0.3, -0.25) is 9.59 Å². The maximum Gasteiger partial charge on any atom is 0.267 e. The van der Waals surface area contributed by atoms with Gasteiger partial charge in [0.25, 0.3) is 11.8 Å². The van der Waals surface area contributed by atoms with Crippen molar-refractivity contribution in [2.24, 2.45) is 0 Å². The summed E-state index contributed by atoms with van der Waals surface area (Å²) >= 11 is 13.8. The van der Waals surface area contributed by atoms with Crippen LogP contribution < -0.4 is 10.2 Å². The molecule has 35 heavy (non-hydrogen) atoms. The molecule has 0 saturated carbocycles. The van der Waals surface area contributed by atoms with E-state index in [2.05, 4.69) is 10.2 Å². The summed E-state index contributed by atoms with van der Waals surface area (Å²) in [6.45, 7) is 2.26. The summed E-state index contributed by atoms with van der Waals surface area (Å²) in [5.41, 5.74) is 1.73. The minimum absolute atomic E-state index is 0.0999. The lowest BCUT2D eigenvalue weighted by atomic mass is 10.1. The molecule has 1 saturated heterocycles. The van der Waals surface area contributed by atoms with Crippen molar-refractivity contribution in [2.45, 2.75) is 0 Å². The first-order valence-electron chi connectivity index (χ1n) is 11.0. The predicted molar refractivity (Wildman–Crippen MR) is 141 cm³/mol. The van der Waals surface area contributed by atoms with Crippen LogP contribution in [0, 0.1) is 5.82 Å². The van der Waals surface area contributed by atoms with Gasteiger partial charge in [0.1, 0.15) is 10.7 Å². The second-order valence-electron chi connectivity index (χ2n) is 8.15. The molecule has 1 fully saturated rings. The number of carbonyl (C=O) groups is 2. The number of piperazine rings is 1. The highest BCUT2D eigenvalue weighted by Crippen LogP contribution is 2.37. The van der Waals surface area contributed by atoms with Crippen molar-refractivity contribution < 1.29 is 14.0 Å². The van der Waals surface area contributed by atoms with Gasteiger partial charge in [-0.1, -0.05) is 41.4 Å². The van der Waals surface area contributed by atoms with Gasteiger partial charge >= 0.3 is 0 Å². The number of hydrogen-bond acceptors (Lipinski definition) is 4. The van der Waals surface area contributed by atoms with Crippen LogP contribution in [0.1, 0.15) is 20.0 Å². The van der Waals surface area contributed by atoms with E-state index in [-0.39, 0.29) is 17.4 Å². The van der Waals surface area contributed by atoms with Crippen LogP contribution in [0.15, 0.2) is 66.7 Å². The second-order valence-corrected chi connectivity index (χ2v) is 10.0. The van der Waals surface area contributed by atoms with E-state index in [9.17, 15) is 14.0 Å². The third kappa shape index (κ3) is 4.85. The Hall–Kier alpha value is -3.13. The Labute approximate surface area is 215 Å². The highest BCUT2D eigenvalue weighted by Gasteiger charge is 2.24. The van der Waals surface area contributed by atoms with E-state index in [0.717, 1.165) is 15.8 Å². The monoisotopic (exact) mass is 527 g/mol. The fraction of sp³-hybridized carbons (Fsp3) is 0.154. The molecule has 9 heteroatoms. The van der Waals surface area contributed by atoms with E-state index in [4.69, 9.17) is 23.2 Å². The van der Waals surface area contributed by atoms with E-state index in [1.165, 1.54) is 23.5 Å². The van der Waals surface area contributed by atoms with Gasteiger partial charge in [-0.05, 0) is 48.5 Å².